The summed E-state index contributed by atoms with van der Waals surface area (Å²) >= 11 is 1.78. The summed E-state index contributed by atoms with van der Waals surface area (Å²) in [6, 6.07) is 12.2. The number of aryl methyl sites for hydroxylation is 1. The number of ether oxygens (including phenoxy) is 1. The van der Waals surface area contributed by atoms with Crippen molar-refractivity contribution < 1.29 is 4.74 Å². The highest BCUT2D eigenvalue weighted by Gasteiger charge is 2.22. The van der Waals surface area contributed by atoms with Crippen molar-refractivity contribution in [2.75, 3.05) is 13.7 Å². The fourth-order valence-electron chi connectivity index (χ4n) is 2.90. The lowest BCUT2D eigenvalue weighted by Gasteiger charge is -2.25. The molecule has 0 amide bonds. The molecule has 0 fully saturated rings. The van der Waals surface area contributed by atoms with Gasteiger partial charge in [0, 0.05) is 23.9 Å². The third-order valence-corrected chi connectivity index (χ3v) is 6.30. The molecular weight excluding hydrogens is 396 g/mol. The second-order valence-electron chi connectivity index (χ2n) is 7.80. The second kappa shape index (κ2) is 9.75. The third kappa shape index (κ3) is 5.60. The van der Waals surface area contributed by atoms with Crippen LogP contribution in [0.5, 0.6) is 5.75 Å². The van der Waals surface area contributed by atoms with Crippen molar-refractivity contribution in [3.05, 3.63) is 63.9 Å². The van der Waals surface area contributed by atoms with Gasteiger partial charge < -0.3 is 19.9 Å². The van der Waals surface area contributed by atoms with Gasteiger partial charge in [0.1, 0.15) is 11.6 Å². The summed E-state index contributed by atoms with van der Waals surface area (Å²) in [5.74, 6) is 3.34. The monoisotopic (exact) mass is 426 g/mol. The molecule has 0 saturated carbocycles. The number of benzene rings is 1. The Kier molecular flexibility index (Phi) is 7.10. The molecule has 7 nitrogen and oxygen atoms in total. The van der Waals surface area contributed by atoms with E-state index in [1.165, 1.54) is 4.88 Å². The number of hydrogen-bond acceptors (Lipinski definition) is 5. The van der Waals surface area contributed by atoms with Gasteiger partial charge in [0.05, 0.1) is 20.2 Å². The molecule has 3 rings (SSSR count). The van der Waals surface area contributed by atoms with E-state index in [1.807, 2.05) is 42.8 Å². The highest BCUT2D eigenvalue weighted by Crippen LogP contribution is 2.26. The van der Waals surface area contributed by atoms with Crippen LogP contribution in [0.25, 0.3) is 0 Å². The van der Waals surface area contributed by atoms with Crippen molar-refractivity contribution in [2.24, 2.45) is 12.0 Å². The average Bonchev–Trinajstić information content (AvgIpc) is 3.40. The maximum absolute atomic E-state index is 5.23. The topological polar surface area (TPSA) is 76.4 Å². The molecule has 2 aromatic heterocycles. The van der Waals surface area contributed by atoms with Gasteiger partial charge in [-0.1, -0.05) is 32.0 Å². The van der Waals surface area contributed by atoms with Crippen molar-refractivity contribution in [2.45, 2.75) is 39.3 Å². The number of nitrogens with one attached hydrogen (secondary N) is 2. The van der Waals surface area contributed by atoms with Crippen molar-refractivity contribution >= 4 is 17.3 Å². The summed E-state index contributed by atoms with van der Waals surface area (Å²) < 4.78 is 7.21. The molecule has 1 aromatic carbocycles. The highest BCUT2D eigenvalue weighted by molar-refractivity contribution is 7.10. The molecule has 2 N–H and O–H groups in total. The Balaban J connectivity index is 1.70. The Hall–Kier alpha value is -2.87. The molecule has 2 heterocycles. The van der Waals surface area contributed by atoms with Crippen LogP contribution in [0.2, 0.25) is 0 Å². The molecule has 8 heteroatoms. The Labute approximate surface area is 182 Å². The number of aromatic nitrogens is 3. The molecule has 0 saturated heterocycles. The Bertz CT molecular complexity index is 960. The molecule has 0 aliphatic carbocycles. The molecular formula is C22H30N6OS. The molecule has 0 aliphatic rings. The SMILES string of the molecule is COc1ccc(CN=C(NCc2nnc(C)n2C)NCC(C)(C)c2cccs2)cc1. The largest absolute Gasteiger partial charge is 0.497 e. The van der Waals surface area contributed by atoms with Crippen molar-refractivity contribution in [3.63, 3.8) is 0 Å². The van der Waals surface area contributed by atoms with Gasteiger partial charge in [-0.15, -0.1) is 21.5 Å². The number of aliphatic imine (C=N–C) groups is 1. The van der Waals surface area contributed by atoms with Gasteiger partial charge in [0.15, 0.2) is 11.8 Å². The summed E-state index contributed by atoms with van der Waals surface area (Å²) in [4.78, 5) is 6.13. The quantitative estimate of drug-likeness (QED) is 0.426. The molecule has 0 aliphatic heterocycles. The van der Waals surface area contributed by atoms with E-state index < -0.39 is 0 Å². The summed E-state index contributed by atoms with van der Waals surface area (Å²) in [5, 5.41) is 17.4. The lowest BCUT2D eigenvalue weighted by atomic mass is 9.91. The molecule has 0 bridgehead atoms. The molecule has 0 atom stereocenters. The number of rotatable bonds is 8. The van der Waals surface area contributed by atoms with E-state index in [1.54, 1.807) is 18.4 Å². The highest BCUT2D eigenvalue weighted by atomic mass is 32.1. The lowest BCUT2D eigenvalue weighted by Crippen LogP contribution is -2.43. The van der Waals surface area contributed by atoms with Crippen LogP contribution >= 0.6 is 11.3 Å². The molecule has 160 valence electrons. The Morgan fingerprint density at radius 3 is 2.53 bits per heavy atom. The fourth-order valence-corrected chi connectivity index (χ4v) is 3.75. The predicted molar refractivity (Wildman–Crippen MR) is 122 cm³/mol. The summed E-state index contributed by atoms with van der Waals surface area (Å²) in [6.07, 6.45) is 0. The van der Waals surface area contributed by atoms with E-state index in [4.69, 9.17) is 9.73 Å². The van der Waals surface area contributed by atoms with E-state index in [0.29, 0.717) is 13.1 Å². The normalized spacial score (nSPS) is 12.1. The van der Waals surface area contributed by atoms with Crippen molar-refractivity contribution in [1.82, 2.24) is 25.4 Å². The van der Waals surface area contributed by atoms with Crippen LogP contribution in [0.15, 0.2) is 46.8 Å². The van der Waals surface area contributed by atoms with Crippen molar-refractivity contribution in [1.29, 1.82) is 0 Å². The minimum Gasteiger partial charge on any atom is -0.497 e. The van der Waals surface area contributed by atoms with Gasteiger partial charge in [-0.3, -0.25) is 0 Å². The summed E-state index contributed by atoms with van der Waals surface area (Å²) in [5.41, 5.74) is 1.11. The number of thiophene rings is 1. The van der Waals surface area contributed by atoms with E-state index in [-0.39, 0.29) is 5.41 Å². The minimum atomic E-state index is -0.00189. The van der Waals surface area contributed by atoms with Crippen LogP contribution in [0.1, 0.15) is 35.9 Å². The maximum Gasteiger partial charge on any atom is 0.192 e. The first-order valence-electron chi connectivity index (χ1n) is 9.93. The smallest absolute Gasteiger partial charge is 0.192 e. The van der Waals surface area contributed by atoms with Crippen LogP contribution < -0.4 is 15.4 Å². The first-order chi connectivity index (χ1) is 14.4. The summed E-state index contributed by atoms with van der Waals surface area (Å²) in [6.45, 7) is 8.29. The molecule has 0 radical (unpaired) electrons. The van der Waals surface area contributed by atoms with Gasteiger partial charge in [0.2, 0.25) is 0 Å². The van der Waals surface area contributed by atoms with Crippen LogP contribution in [0, 0.1) is 6.92 Å². The molecule has 3 aromatic rings. The second-order valence-corrected chi connectivity index (χ2v) is 8.75. The molecule has 30 heavy (non-hydrogen) atoms. The third-order valence-electron chi connectivity index (χ3n) is 5.06. The van der Waals surface area contributed by atoms with Gasteiger partial charge in [-0.05, 0) is 36.1 Å². The van der Waals surface area contributed by atoms with Gasteiger partial charge >= 0.3 is 0 Å². The lowest BCUT2D eigenvalue weighted by molar-refractivity contribution is 0.414. The zero-order valence-electron chi connectivity index (χ0n) is 18.3. The number of methoxy groups -OCH3 is 1. The van der Waals surface area contributed by atoms with Gasteiger partial charge in [-0.25, -0.2) is 4.99 Å². The average molecular weight is 427 g/mol. The van der Waals surface area contributed by atoms with E-state index >= 15 is 0 Å². The Morgan fingerprint density at radius 1 is 1.17 bits per heavy atom. The van der Waals surface area contributed by atoms with Gasteiger partial charge in [0.25, 0.3) is 0 Å². The van der Waals surface area contributed by atoms with E-state index in [2.05, 4.69) is 52.2 Å². The van der Waals surface area contributed by atoms with Crippen LogP contribution in [-0.2, 0) is 25.6 Å². The summed E-state index contributed by atoms with van der Waals surface area (Å²) in [7, 11) is 3.64. The number of nitrogens with zero attached hydrogens (tertiary/aromatic N) is 4. The van der Waals surface area contributed by atoms with Gasteiger partial charge in [-0.2, -0.15) is 0 Å². The first-order valence-corrected chi connectivity index (χ1v) is 10.8. The molecule has 0 unspecified atom stereocenters. The van der Waals surface area contributed by atoms with E-state index in [0.717, 1.165) is 35.5 Å². The minimum absolute atomic E-state index is 0.00189. The zero-order chi connectivity index (χ0) is 21.6. The fraction of sp³-hybridized carbons (Fsp3) is 0.409. The van der Waals surface area contributed by atoms with Crippen LogP contribution in [0.3, 0.4) is 0 Å². The van der Waals surface area contributed by atoms with E-state index in [9.17, 15) is 0 Å². The molecule has 0 spiro atoms. The standard InChI is InChI=1S/C22H30N6OS/c1-16-26-27-20(28(16)4)14-24-21(23-13-17-8-10-18(29-5)11-9-17)25-15-22(2,3)19-7-6-12-30-19/h6-12H,13-15H2,1-5H3,(H2,23,24,25). The van der Waals surface area contributed by atoms with Crippen LogP contribution in [0.4, 0.5) is 0 Å². The first kappa shape index (κ1) is 21.8. The number of guanidine groups is 1. The maximum atomic E-state index is 5.23. The van der Waals surface area contributed by atoms with Crippen molar-refractivity contribution in [3.8, 4) is 5.75 Å². The van der Waals surface area contributed by atoms with Crippen LogP contribution in [-0.4, -0.2) is 34.4 Å². The number of hydrogen-bond donors (Lipinski definition) is 2. The predicted octanol–water partition coefficient (Wildman–Crippen LogP) is 3.41. The zero-order valence-corrected chi connectivity index (χ0v) is 19.1. The Morgan fingerprint density at radius 2 is 1.93 bits per heavy atom.